The summed E-state index contributed by atoms with van der Waals surface area (Å²) in [6.45, 7) is 8.24. The Labute approximate surface area is 142 Å². The number of hydrogen-bond acceptors (Lipinski definition) is 6. The van der Waals surface area contributed by atoms with Gasteiger partial charge in [0.05, 0.1) is 13.2 Å². The van der Waals surface area contributed by atoms with Gasteiger partial charge in [-0.15, -0.1) is 0 Å². The molecule has 1 unspecified atom stereocenters. The van der Waals surface area contributed by atoms with E-state index in [1.807, 2.05) is 25.1 Å². The van der Waals surface area contributed by atoms with E-state index in [0.29, 0.717) is 24.9 Å². The predicted molar refractivity (Wildman–Crippen MR) is 92.3 cm³/mol. The molecule has 0 amide bonds. The van der Waals surface area contributed by atoms with Crippen molar-refractivity contribution < 1.29 is 9.47 Å². The van der Waals surface area contributed by atoms with E-state index in [-0.39, 0.29) is 6.10 Å². The highest BCUT2D eigenvalue weighted by molar-refractivity contribution is 5.37. The van der Waals surface area contributed by atoms with Crippen molar-refractivity contribution in [1.82, 2.24) is 15.0 Å². The molecule has 1 N–H and O–H groups in total. The number of hydrogen-bond donors (Lipinski definition) is 1. The molecule has 1 aliphatic heterocycles. The Balaban J connectivity index is 1.64. The Hall–Kier alpha value is -2.21. The molecular weight excluding hydrogens is 304 g/mol. The molecule has 3 rings (SSSR count). The molecule has 1 saturated heterocycles. The minimum atomic E-state index is 0.110. The van der Waals surface area contributed by atoms with Crippen LogP contribution in [-0.2, 0) is 11.3 Å². The molecule has 1 atom stereocenters. The summed E-state index contributed by atoms with van der Waals surface area (Å²) in [7, 11) is 0. The number of nitrogens with zero attached hydrogens (tertiary/aromatic N) is 3. The molecule has 128 valence electrons. The first-order chi connectivity index (χ1) is 11.6. The molecule has 24 heavy (non-hydrogen) atoms. The fourth-order valence-corrected chi connectivity index (χ4v) is 2.53. The maximum absolute atomic E-state index is 5.85. The molecule has 6 heteroatoms. The first-order valence-electron chi connectivity index (χ1n) is 8.39. The number of rotatable bonds is 6. The minimum Gasteiger partial charge on any atom is -0.472 e. The van der Waals surface area contributed by atoms with Crippen LogP contribution in [0.25, 0.3) is 0 Å². The highest BCUT2D eigenvalue weighted by Crippen LogP contribution is 2.17. The van der Waals surface area contributed by atoms with Crippen LogP contribution in [0, 0.1) is 6.92 Å². The summed E-state index contributed by atoms with van der Waals surface area (Å²) in [6.07, 6.45) is 2.80. The molecule has 6 nitrogen and oxygen atoms in total. The standard InChI is InChI=1S/C18H24N4O2/c1-12(2)18-21-13(3)8-16(22-18)20-10-14-4-6-19-17(9-14)24-15-5-7-23-11-15/h4,6,8-9,12,15H,5,7,10-11H2,1-3H3,(H,20,21,22). The second-order valence-electron chi connectivity index (χ2n) is 6.37. The van der Waals surface area contributed by atoms with Gasteiger partial charge in [0.15, 0.2) is 0 Å². The number of aryl methyl sites for hydroxylation is 1. The van der Waals surface area contributed by atoms with Gasteiger partial charge >= 0.3 is 0 Å². The summed E-state index contributed by atoms with van der Waals surface area (Å²) in [5, 5.41) is 3.36. The summed E-state index contributed by atoms with van der Waals surface area (Å²) >= 11 is 0. The molecule has 0 saturated carbocycles. The van der Waals surface area contributed by atoms with Crippen LogP contribution in [0.4, 0.5) is 5.82 Å². The van der Waals surface area contributed by atoms with Crippen LogP contribution >= 0.6 is 0 Å². The SMILES string of the molecule is Cc1cc(NCc2ccnc(OC3CCOC3)c2)nc(C(C)C)n1. The van der Waals surface area contributed by atoms with Gasteiger partial charge in [0.2, 0.25) is 5.88 Å². The van der Waals surface area contributed by atoms with Gasteiger partial charge in [-0.25, -0.2) is 15.0 Å². The van der Waals surface area contributed by atoms with E-state index in [0.717, 1.165) is 35.9 Å². The summed E-state index contributed by atoms with van der Waals surface area (Å²) < 4.78 is 11.2. The van der Waals surface area contributed by atoms with Crippen molar-refractivity contribution in [3.8, 4) is 5.88 Å². The van der Waals surface area contributed by atoms with Crippen LogP contribution in [0.15, 0.2) is 24.4 Å². The lowest BCUT2D eigenvalue weighted by atomic mass is 10.2. The van der Waals surface area contributed by atoms with Gasteiger partial charge in [-0.2, -0.15) is 0 Å². The molecule has 0 spiro atoms. The predicted octanol–water partition coefficient (Wildman–Crippen LogP) is 3.08. The lowest BCUT2D eigenvalue weighted by Crippen LogP contribution is -2.16. The zero-order valence-electron chi connectivity index (χ0n) is 14.5. The molecule has 2 aromatic rings. The highest BCUT2D eigenvalue weighted by atomic mass is 16.5. The normalized spacial score (nSPS) is 17.2. The molecule has 0 bridgehead atoms. The van der Waals surface area contributed by atoms with E-state index in [4.69, 9.17) is 9.47 Å². The topological polar surface area (TPSA) is 69.2 Å². The maximum Gasteiger partial charge on any atom is 0.213 e. The van der Waals surface area contributed by atoms with Crippen LogP contribution in [0.3, 0.4) is 0 Å². The molecule has 2 aromatic heterocycles. The summed E-state index contributed by atoms with van der Waals surface area (Å²) in [6, 6.07) is 5.89. The van der Waals surface area contributed by atoms with Crippen LogP contribution in [-0.4, -0.2) is 34.3 Å². The highest BCUT2D eigenvalue weighted by Gasteiger charge is 2.17. The van der Waals surface area contributed by atoms with Gasteiger partial charge in [0, 0.05) is 42.9 Å². The number of nitrogens with one attached hydrogen (secondary N) is 1. The fourth-order valence-electron chi connectivity index (χ4n) is 2.53. The monoisotopic (exact) mass is 328 g/mol. The van der Waals surface area contributed by atoms with E-state index in [9.17, 15) is 0 Å². The molecule has 0 radical (unpaired) electrons. The average molecular weight is 328 g/mol. The van der Waals surface area contributed by atoms with Crippen molar-refractivity contribution in [2.45, 2.75) is 45.8 Å². The van der Waals surface area contributed by atoms with Crippen LogP contribution in [0.5, 0.6) is 5.88 Å². The second kappa shape index (κ2) is 7.57. The second-order valence-corrected chi connectivity index (χ2v) is 6.37. The molecule has 1 fully saturated rings. The zero-order chi connectivity index (χ0) is 16.9. The van der Waals surface area contributed by atoms with Gasteiger partial charge in [-0.1, -0.05) is 13.8 Å². The van der Waals surface area contributed by atoms with Crippen LogP contribution in [0.2, 0.25) is 0 Å². The molecule has 0 aromatic carbocycles. The van der Waals surface area contributed by atoms with E-state index >= 15 is 0 Å². The number of pyridine rings is 1. The quantitative estimate of drug-likeness (QED) is 0.879. The lowest BCUT2D eigenvalue weighted by Gasteiger charge is -2.13. The molecule has 1 aliphatic rings. The van der Waals surface area contributed by atoms with Gasteiger partial charge in [-0.05, 0) is 18.6 Å². The minimum absolute atomic E-state index is 0.110. The Kier molecular flexibility index (Phi) is 5.25. The van der Waals surface area contributed by atoms with E-state index in [1.54, 1.807) is 6.20 Å². The van der Waals surface area contributed by atoms with E-state index < -0.39 is 0 Å². The van der Waals surface area contributed by atoms with Crippen molar-refractivity contribution in [2.24, 2.45) is 0 Å². The summed E-state index contributed by atoms with van der Waals surface area (Å²) in [5.74, 6) is 2.65. The van der Waals surface area contributed by atoms with E-state index in [2.05, 4.69) is 34.1 Å². The maximum atomic E-state index is 5.85. The number of aromatic nitrogens is 3. The largest absolute Gasteiger partial charge is 0.472 e. The third-order valence-corrected chi connectivity index (χ3v) is 3.84. The van der Waals surface area contributed by atoms with Crippen molar-refractivity contribution in [3.63, 3.8) is 0 Å². The average Bonchev–Trinajstić information content (AvgIpc) is 3.06. The first kappa shape index (κ1) is 16.6. The Morgan fingerprint density at radius 2 is 2.21 bits per heavy atom. The third kappa shape index (κ3) is 4.41. The fraction of sp³-hybridized carbons (Fsp3) is 0.500. The Morgan fingerprint density at radius 1 is 1.33 bits per heavy atom. The number of anilines is 1. The Morgan fingerprint density at radius 3 is 2.96 bits per heavy atom. The van der Waals surface area contributed by atoms with Gasteiger partial charge in [0.1, 0.15) is 17.7 Å². The van der Waals surface area contributed by atoms with Crippen molar-refractivity contribution >= 4 is 5.82 Å². The molecule has 0 aliphatic carbocycles. The third-order valence-electron chi connectivity index (χ3n) is 3.84. The Bertz CT molecular complexity index is 684. The van der Waals surface area contributed by atoms with Crippen molar-refractivity contribution in [1.29, 1.82) is 0 Å². The zero-order valence-corrected chi connectivity index (χ0v) is 14.5. The lowest BCUT2D eigenvalue weighted by molar-refractivity contribution is 0.138. The van der Waals surface area contributed by atoms with Crippen LogP contribution in [0.1, 0.15) is 43.3 Å². The summed E-state index contributed by atoms with van der Waals surface area (Å²) in [5.41, 5.74) is 2.07. The van der Waals surface area contributed by atoms with Gasteiger partial charge < -0.3 is 14.8 Å². The van der Waals surface area contributed by atoms with Gasteiger partial charge in [0.25, 0.3) is 0 Å². The van der Waals surface area contributed by atoms with Gasteiger partial charge in [-0.3, -0.25) is 0 Å². The first-order valence-corrected chi connectivity index (χ1v) is 8.39. The van der Waals surface area contributed by atoms with E-state index in [1.165, 1.54) is 0 Å². The molecular formula is C18H24N4O2. The smallest absolute Gasteiger partial charge is 0.213 e. The van der Waals surface area contributed by atoms with Crippen molar-refractivity contribution in [2.75, 3.05) is 18.5 Å². The summed E-state index contributed by atoms with van der Waals surface area (Å²) in [4.78, 5) is 13.3. The number of ether oxygens (including phenoxy) is 2. The van der Waals surface area contributed by atoms with Crippen LogP contribution < -0.4 is 10.1 Å². The van der Waals surface area contributed by atoms with Crippen molar-refractivity contribution in [3.05, 3.63) is 41.5 Å². The molecule has 3 heterocycles.